The zero-order valence-electron chi connectivity index (χ0n) is 8.09. The maximum atomic E-state index is 12.6. The molecule has 2 aromatic heterocycles. The highest BCUT2D eigenvalue weighted by atomic mass is 19.1. The Bertz CT molecular complexity index is 486. The summed E-state index contributed by atoms with van der Waals surface area (Å²) in [7, 11) is 0. The lowest BCUT2D eigenvalue weighted by Gasteiger charge is -2.02. The molecule has 0 atom stereocenters. The van der Waals surface area contributed by atoms with E-state index in [0.29, 0.717) is 5.82 Å². The monoisotopic (exact) mass is 218 g/mol. The molecule has 0 radical (unpaired) electrons. The Balaban J connectivity index is 2.12. The molecule has 2 aromatic rings. The van der Waals surface area contributed by atoms with Crippen LogP contribution in [0.5, 0.6) is 0 Å². The first-order valence-electron chi connectivity index (χ1n) is 4.44. The number of amides is 1. The maximum Gasteiger partial charge on any atom is 0.275 e. The van der Waals surface area contributed by atoms with Crippen molar-refractivity contribution in [3.63, 3.8) is 0 Å². The van der Waals surface area contributed by atoms with Gasteiger partial charge < -0.3 is 5.32 Å². The van der Waals surface area contributed by atoms with Crippen LogP contribution in [0, 0.1) is 5.82 Å². The number of hydrogen-bond acceptors (Lipinski definition) is 4. The highest BCUT2D eigenvalue weighted by Gasteiger charge is 2.07. The van der Waals surface area contributed by atoms with E-state index >= 15 is 0 Å². The minimum atomic E-state index is -0.490. The van der Waals surface area contributed by atoms with E-state index < -0.39 is 11.7 Å². The molecule has 0 spiro atoms. The van der Waals surface area contributed by atoms with Crippen molar-refractivity contribution >= 4 is 11.7 Å². The fraction of sp³-hybridized carbons (Fsp3) is 0. The fourth-order valence-electron chi connectivity index (χ4n) is 1.05. The molecule has 0 unspecified atom stereocenters. The molecule has 1 N–H and O–H groups in total. The molecule has 0 fully saturated rings. The molecule has 0 aliphatic carbocycles. The number of carbonyl (C=O) groups excluding carboxylic acids is 1. The molecule has 80 valence electrons. The average molecular weight is 218 g/mol. The molecular weight excluding hydrogens is 211 g/mol. The van der Waals surface area contributed by atoms with Gasteiger partial charge in [0, 0.05) is 12.4 Å². The summed E-state index contributed by atoms with van der Waals surface area (Å²) < 4.78 is 12.6. The number of nitrogens with zero attached hydrogens (tertiary/aromatic N) is 3. The van der Waals surface area contributed by atoms with E-state index in [0.717, 1.165) is 6.20 Å². The molecule has 0 saturated heterocycles. The SMILES string of the molecule is O=C(Nc1cnccn1)c1ccc(F)cn1. The van der Waals surface area contributed by atoms with Gasteiger partial charge in [-0.1, -0.05) is 0 Å². The Morgan fingerprint density at radius 1 is 1.19 bits per heavy atom. The van der Waals surface area contributed by atoms with E-state index in [4.69, 9.17) is 0 Å². The van der Waals surface area contributed by atoms with Crippen LogP contribution in [0.15, 0.2) is 36.9 Å². The lowest BCUT2D eigenvalue weighted by Crippen LogP contribution is -2.14. The van der Waals surface area contributed by atoms with Gasteiger partial charge in [0.1, 0.15) is 11.5 Å². The molecule has 0 aromatic carbocycles. The summed E-state index contributed by atoms with van der Waals surface area (Å²) in [5, 5.41) is 2.48. The van der Waals surface area contributed by atoms with Crippen molar-refractivity contribution in [1.82, 2.24) is 15.0 Å². The van der Waals surface area contributed by atoms with Crippen LogP contribution >= 0.6 is 0 Å². The van der Waals surface area contributed by atoms with Gasteiger partial charge in [-0.05, 0) is 12.1 Å². The zero-order valence-corrected chi connectivity index (χ0v) is 8.09. The predicted molar refractivity (Wildman–Crippen MR) is 54.2 cm³/mol. The fourth-order valence-corrected chi connectivity index (χ4v) is 1.05. The average Bonchev–Trinajstić information content (AvgIpc) is 2.31. The Hall–Kier alpha value is -2.37. The van der Waals surface area contributed by atoms with Crippen LogP contribution in [0.4, 0.5) is 10.2 Å². The third kappa shape index (κ3) is 2.35. The van der Waals surface area contributed by atoms with Gasteiger partial charge in [-0.3, -0.25) is 9.78 Å². The molecule has 16 heavy (non-hydrogen) atoms. The summed E-state index contributed by atoms with van der Waals surface area (Å²) in [5.41, 5.74) is 0.118. The molecule has 5 nitrogen and oxygen atoms in total. The van der Waals surface area contributed by atoms with Gasteiger partial charge in [0.05, 0.1) is 12.4 Å². The molecular formula is C10H7FN4O. The summed E-state index contributed by atoms with van der Waals surface area (Å²) in [6.45, 7) is 0. The van der Waals surface area contributed by atoms with E-state index in [1.807, 2.05) is 0 Å². The van der Waals surface area contributed by atoms with Crippen LogP contribution in [-0.4, -0.2) is 20.9 Å². The smallest absolute Gasteiger partial charge is 0.275 e. The molecule has 2 rings (SSSR count). The third-order valence-electron chi connectivity index (χ3n) is 1.76. The summed E-state index contributed by atoms with van der Waals surface area (Å²) in [6, 6.07) is 2.46. The Morgan fingerprint density at radius 2 is 2.06 bits per heavy atom. The van der Waals surface area contributed by atoms with Crippen molar-refractivity contribution in [2.24, 2.45) is 0 Å². The number of aromatic nitrogens is 3. The van der Waals surface area contributed by atoms with Gasteiger partial charge in [0.15, 0.2) is 5.82 Å². The van der Waals surface area contributed by atoms with Gasteiger partial charge in [0.2, 0.25) is 0 Å². The normalized spacial score (nSPS) is 9.81. The maximum absolute atomic E-state index is 12.6. The first-order chi connectivity index (χ1) is 7.75. The van der Waals surface area contributed by atoms with E-state index in [1.165, 1.54) is 30.7 Å². The first-order valence-corrected chi connectivity index (χ1v) is 4.44. The van der Waals surface area contributed by atoms with Crippen LogP contribution in [0.2, 0.25) is 0 Å². The number of pyridine rings is 1. The van der Waals surface area contributed by atoms with E-state index in [-0.39, 0.29) is 5.69 Å². The number of nitrogens with one attached hydrogen (secondary N) is 1. The molecule has 6 heteroatoms. The largest absolute Gasteiger partial charge is 0.304 e. The first kappa shape index (κ1) is 10.2. The topological polar surface area (TPSA) is 67.8 Å². The Kier molecular flexibility index (Phi) is 2.81. The second kappa shape index (κ2) is 4.43. The van der Waals surface area contributed by atoms with Crippen LogP contribution in [0.3, 0.4) is 0 Å². The summed E-state index contributed by atoms with van der Waals surface area (Å²) in [5.74, 6) is -0.629. The van der Waals surface area contributed by atoms with Crippen molar-refractivity contribution in [1.29, 1.82) is 0 Å². The van der Waals surface area contributed by atoms with Crippen LogP contribution in [0.25, 0.3) is 0 Å². The lowest BCUT2D eigenvalue weighted by atomic mass is 10.3. The molecule has 0 bridgehead atoms. The van der Waals surface area contributed by atoms with Crippen LogP contribution in [-0.2, 0) is 0 Å². The molecule has 2 heterocycles. The highest BCUT2D eigenvalue weighted by Crippen LogP contribution is 2.03. The number of carbonyl (C=O) groups is 1. The van der Waals surface area contributed by atoms with E-state index in [2.05, 4.69) is 20.3 Å². The molecule has 0 aliphatic heterocycles. The summed E-state index contributed by atoms with van der Waals surface area (Å²) in [6.07, 6.45) is 5.33. The van der Waals surface area contributed by atoms with Gasteiger partial charge in [0.25, 0.3) is 5.91 Å². The van der Waals surface area contributed by atoms with E-state index in [1.54, 1.807) is 0 Å². The summed E-state index contributed by atoms with van der Waals surface area (Å²) >= 11 is 0. The lowest BCUT2D eigenvalue weighted by molar-refractivity contribution is 0.102. The van der Waals surface area contributed by atoms with Crippen LogP contribution < -0.4 is 5.32 Å². The van der Waals surface area contributed by atoms with Crippen molar-refractivity contribution in [3.05, 3.63) is 48.4 Å². The van der Waals surface area contributed by atoms with Gasteiger partial charge in [-0.2, -0.15) is 0 Å². The number of anilines is 1. The van der Waals surface area contributed by atoms with Crippen molar-refractivity contribution in [3.8, 4) is 0 Å². The standard InChI is InChI=1S/C10H7FN4O/c11-7-1-2-8(14-5-7)10(16)15-9-6-12-3-4-13-9/h1-6H,(H,13,15,16). The quantitative estimate of drug-likeness (QED) is 0.824. The minimum absolute atomic E-state index is 0.118. The molecule has 1 amide bonds. The number of halogens is 1. The molecule has 0 aliphatic rings. The van der Waals surface area contributed by atoms with Crippen molar-refractivity contribution in [2.75, 3.05) is 5.32 Å². The summed E-state index contributed by atoms with van der Waals surface area (Å²) in [4.78, 5) is 22.9. The predicted octanol–water partition coefficient (Wildman–Crippen LogP) is 1.26. The van der Waals surface area contributed by atoms with Gasteiger partial charge in [-0.15, -0.1) is 0 Å². The second-order valence-electron chi connectivity index (χ2n) is 2.91. The number of rotatable bonds is 2. The van der Waals surface area contributed by atoms with Crippen molar-refractivity contribution < 1.29 is 9.18 Å². The molecule has 0 saturated carbocycles. The Morgan fingerprint density at radius 3 is 2.69 bits per heavy atom. The second-order valence-corrected chi connectivity index (χ2v) is 2.91. The van der Waals surface area contributed by atoms with Gasteiger partial charge >= 0.3 is 0 Å². The third-order valence-corrected chi connectivity index (χ3v) is 1.76. The van der Waals surface area contributed by atoms with Gasteiger partial charge in [-0.25, -0.2) is 14.4 Å². The Labute approximate surface area is 90.4 Å². The number of hydrogen-bond donors (Lipinski definition) is 1. The van der Waals surface area contributed by atoms with Crippen molar-refractivity contribution in [2.45, 2.75) is 0 Å². The highest BCUT2D eigenvalue weighted by molar-refractivity contribution is 6.02. The minimum Gasteiger partial charge on any atom is -0.304 e. The van der Waals surface area contributed by atoms with Crippen LogP contribution in [0.1, 0.15) is 10.5 Å². The zero-order chi connectivity index (χ0) is 11.4. The van der Waals surface area contributed by atoms with E-state index in [9.17, 15) is 9.18 Å².